The van der Waals surface area contributed by atoms with E-state index in [0.29, 0.717) is 35.6 Å². The third-order valence-electron chi connectivity index (χ3n) is 6.03. The van der Waals surface area contributed by atoms with Crippen molar-refractivity contribution in [2.24, 2.45) is 0 Å². The Kier molecular flexibility index (Phi) is 6.14. The number of fused-ring (bicyclic) bond motifs is 1. The lowest BCUT2D eigenvalue weighted by molar-refractivity contribution is 0.0923. The second kappa shape index (κ2) is 9.53. The van der Waals surface area contributed by atoms with Crippen molar-refractivity contribution in [2.75, 3.05) is 12.3 Å². The van der Waals surface area contributed by atoms with Crippen LogP contribution in [-0.4, -0.2) is 23.3 Å². The number of rotatable bonds is 5. The summed E-state index contributed by atoms with van der Waals surface area (Å²) >= 11 is 1.38. The summed E-state index contributed by atoms with van der Waals surface area (Å²) in [6.07, 6.45) is 0.220. The van der Waals surface area contributed by atoms with Crippen LogP contribution in [0, 0.1) is 0 Å². The minimum atomic E-state index is -0.356. The fraction of sp³-hybridized carbons (Fsp3) is 0.143. The summed E-state index contributed by atoms with van der Waals surface area (Å²) in [6.45, 7) is 1.13. The van der Waals surface area contributed by atoms with Crippen molar-refractivity contribution >= 4 is 28.2 Å². The van der Waals surface area contributed by atoms with Crippen molar-refractivity contribution in [3.63, 3.8) is 0 Å². The van der Waals surface area contributed by atoms with Crippen LogP contribution in [0.3, 0.4) is 0 Å². The number of benzene rings is 3. The van der Waals surface area contributed by atoms with E-state index in [9.17, 15) is 9.59 Å². The molecule has 4 aromatic rings. The van der Waals surface area contributed by atoms with Crippen LogP contribution in [0.1, 0.15) is 31.9 Å². The van der Waals surface area contributed by atoms with Gasteiger partial charge in [0, 0.05) is 17.0 Å². The highest BCUT2D eigenvalue weighted by Crippen LogP contribution is 2.37. The normalized spacial score (nSPS) is 12.8. The molecule has 1 amide bonds. The highest BCUT2D eigenvalue weighted by atomic mass is 32.1. The van der Waals surface area contributed by atoms with Crippen LogP contribution in [-0.2, 0) is 24.3 Å². The van der Waals surface area contributed by atoms with Gasteiger partial charge in [0.05, 0.1) is 17.1 Å². The van der Waals surface area contributed by atoms with Crippen LogP contribution in [0.5, 0.6) is 0 Å². The number of hydrogen-bond acceptors (Lipinski definition) is 5. The average molecular weight is 469 g/mol. The zero-order valence-corrected chi connectivity index (χ0v) is 19.4. The quantitative estimate of drug-likeness (QED) is 0.369. The molecule has 1 aliphatic rings. The molecule has 0 saturated carbocycles. The molecule has 34 heavy (non-hydrogen) atoms. The van der Waals surface area contributed by atoms with Crippen molar-refractivity contribution in [3.05, 3.63) is 112 Å². The number of nitrogens with zero attached hydrogens (tertiary/aromatic N) is 1. The Morgan fingerprint density at radius 1 is 0.882 bits per heavy atom. The molecular formula is C28H24N2O3S. The van der Waals surface area contributed by atoms with Crippen LogP contribution in [0.25, 0.3) is 11.1 Å². The predicted octanol–water partition coefficient (Wildman–Crippen LogP) is 5.92. The van der Waals surface area contributed by atoms with Gasteiger partial charge in [-0.15, -0.1) is 11.3 Å². The first-order valence-corrected chi connectivity index (χ1v) is 12.0. The first-order chi connectivity index (χ1) is 16.6. The summed E-state index contributed by atoms with van der Waals surface area (Å²) in [5.74, 6) is -0.0743. The number of ketones is 1. The summed E-state index contributed by atoms with van der Waals surface area (Å²) < 4.78 is 5.48. The van der Waals surface area contributed by atoms with E-state index >= 15 is 0 Å². The first-order valence-electron chi connectivity index (χ1n) is 11.2. The van der Waals surface area contributed by atoms with E-state index in [0.717, 1.165) is 27.1 Å². The molecule has 0 atom stereocenters. The van der Waals surface area contributed by atoms with E-state index in [1.165, 1.54) is 11.3 Å². The third-order valence-corrected chi connectivity index (χ3v) is 7.07. The average Bonchev–Trinajstić information content (AvgIpc) is 3.23. The Morgan fingerprint density at radius 2 is 1.53 bits per heavy atom. The second-order valence-corrected chi connectivity index (χ2v) is 9.36. The molecule has 0 unspecified atom stereocenters. The first kappa shape index (κ1) is 21.9. The molecule has 6 heteroatoms. The molecule has 3 aromatic carbocycles. The van der Waals surface area contributed by atoms with Crippen molar-refractivity contribution in [3.8, 4) is 11.1 Å². The minimum Gasteiger partial charge on any atom is -0.445 e. The maximum absolute atomic E-state index is 13.3. The molecule has 0 bridgehead atoms. The van der Waals surface area contributed by atoms with E-state index in [2.05, 4.69) is 0 Å². The van der Waals surface area contributed by atoms with Gasteiger partial charge in [0.2, 0.25) is 0 Å². The van der Waals surface area contributed by atoms with E-state index in [1.807, 2.05) is 84.9 Å². The summed E-state index contributed by atoms with van der Waals surface area (Å²) in [5, 5.41) is 0.502. The lowest BCUT2D eigenvalue weighted by Gasteiger charge is -2.26. The van der Waals surface area contributed by atoms with E-state index in [4.69, 9.17) is 10.5 Å². The molecular weight excluding hydrogens is 444 g/mol. The maximum atomic E-state index is 13.3. The summed E-state index contributed by atoms with van der Waals surface area (Å²) in [7, 11) is 0. The number of thiophene rings is 1. The Labute approximate surface area is 202 Å². The summed E-state index contributed by atoms with van der Waals surface area (Å²) in [5.41, 5.74) is 11.5. The van der Waals surface area contributed by atoms with Gasteiger partial charge >= 0.3 is 6.09 Å². The molecule has 0 fully saturated rings. The molecule has 1 aromatic heterocycles. The standard InChI is InChI=1S/C28H24N2O3S/c29-27-25(26(31)22-13-11-21(12-14-22)20-9-5-2-6-10-20)23-15-16-30(17-24(23)34-27)28(32)33-18-19-7-3-1-4-8-19/h1-14H,15-18,29H2. The summed E-state index contributed by atoms with van der Waals surface area (Å²) in [4.78, 5) is 28.6. The monoisotopic (exact) mass is 468 g/mol. The summed E-state index contributed by atoms with van der Waals surface area (Å²) in [6, 6.07) is 27.3. The number of nitrogens with two attached hydrogens (primary N) is 1. The predicted molar refractivity (Wildman–Crippen MR) is 135 cm³/mol. The molecule has 2 heterocycles. The van der Waals surface area contributed by atoms with E-state index in [1.54, 1.807) is 4.90 Å². The lowest BCUT2D eigenvalue weighted by atomic mass is 9.95. The molecule has 0 aliphatic carbocycles. The van der Waals surface area contributed by atoms with E-state index < -0.39 is 0 Å². The zero-order chi connectivity index (χ0) is 23.5. The number of ether oxygens (including phenoxy) is 1. The molecule has 5 rings (SSSR count). The minimum absolute atomic E-state index is 0.0743. The largest absolute Gasteiger partial charge is 0.445 e. The third kappa shape index (κ3) is 4.45. The Hall–Kier alpha value is -3.90. The SMILES string of the molecule is Nc1sc2c(c1C(=O)c1ccc(-c3ccccc3)cc1)CCN(C(=O)OCc1ccccc1)C2. The van der Waals surface area contributed by atoms with Crippen LogP contribution < -0.4 is 5.73 Å². The second-order valence-electron chi connectivity index (χ2n) is 8.23. The topological polar surface area (TPSA) is 72.6 Å². The van der Waals surface area contributed by atoms with Gasteiger partial charge in [0.1, 0.15) is 6.61 Å². The fourth-order valence-corrected chi connectivity index (χ4v) is 5.36. The number of carbonyl (C=O) groups is 2. The maximum Gasteiger partial charge on any atom is 0.410 e. The Balaban J connectivity index is 1.30. The van der Waals surface area contributed by atoms with Crippen molar-refractivity contribution in [1.29, 1.82) is 0 Å². The van der Waals surface area contributed by atoms with Crippen molar-refractivity contribution < 1.29 is 14.3 Å². The number of hydrogen-bond donors (Lipinski definition) is 1. The Bertz CT molecular complexity index is 1320. The fourth-order valence-electron chi connectivity index (χ4n) is 4.23. The molecule has 170 valence electrons. The van der Waals surface area contributed by atoms with Crippen molar-refractivity contribution in [2.45, 2.75) is 19.6 Å². The molecule has 0 radical (unpaired) electrons. The van der Waals surface area contributed by atoms with Gasteiger partial charge in [-0.05, 0) is 28.7 Å². The smallest absolute Gasteiger partial charge is 0.410 e. The zero-order valence-electron chi connectivity index (χ0n) is 18.6. The van der Waals surface area contributed by atoms with Gasteiger partial charge in [-0.3, -0.25) is 4.79 Å². The number of anilines is 1. The highest BCUT2D eigenvalue weighted by Gasteiger charge is 2.30. The van der Waals surface area contributed by atoms with Gasteiger partial charge in [0.15, 0.2) is 5.78 Å². The van der Waals surface area contributed by atoms with Crippen LogP contribution in [0.2, 0.25) is 0 Å². The molecule has 5 nitrogen and oxygen atoms in total. The van der Waals surface area contributed by atoms with Crippen molar-refractivity contribution in [1.82, 2.24) is 4.90 Å². The van der Waals surface area contributed by atoms with Gasteiger partial charge in [0.25, 0.3) is 0 Å². The van der Waals surface area contributed by atoms with Crippen LogP contribution in [0.4, 0.5) is 9.80 Å². The molecule has 0 spiro atoms. The Morgan fingerprint density at radius 3 is 2.24 bits per heavy atom. The molecule has 2 N–H and O–H groups in total. The number of amides is 1. The van der Waals surface area contributed by atoms with Gasteiger partial charge in [-0.25, -0.2) is 4.79 Å². The van der Waals surface area contributed by atoms with Gasteiger partial charge < -0.3 is 15.4 Å². The number of carbonyl (C=O) groups excluding carboxylic acids is 2. The molecule has 0 saturated heterocycles. The highest BCUT2D eigenvalue weighted by molar-refractivity contribution is 7.16. The lowest BCUT2D eigenvalue weighted by Crippen LogP contribution is -2.36. The van der Waals surface area contributed by atoms with E-state index in [-0.39, 0.29) is 18.5 Å². The van der Waals surface area contributed by atoms with Crippen LogP contribution in [0.15, 0.2) is 84.9 Å². The van der Waals surface area contributed by atoms with Crippen LogP contribution >= 0.6 is 11.3 Å². The molecule has 1 aliphatic heterocycles. The van der Waals surface area contributed by atoms with Gasteiger partial charge in [-0.1, -0.05) is 84.9 Å². The number of nitrogen functional groups attached to an aromatic ring is 1. The van der Waals surface area contributed by atoms with Gasteiger partial charge in [-0.2, -0.15) is 0 Å².